The van der Waals surface area contributed by atoms with E-state index in [1.807, 2.05) is 0 Å². The maximum Gasteiger partial charge on any atom is 0.0305 e. The van der Waals surface area contributed by atoms with Crippen LogP contribution in [-0.4, -0.2) is 8.80 Å². The molecular formula is C18H40Si. The summed E-state index contributed by atoms with van der Waals surface area (Å²) in [7, 11) is -0.409. The first-order valence-electron chi connectivity index (χ1n) is 8.34. The molecule has 19 heavy (non-hydrogen) atoms. The van der Waals surface area contributed by atoms with Crippen molar-refractivity contribution in [3.63, 3.8) is 0 Å². The normalized spacial score (nSPS) is 18.5. The fourth-order valence-electron chi connectivity index (χ4n) is 3.08. The average molecular weight is 285 g/mol. The molecule has 0 aromatic carbocycles. The van der Waals surface area contributed by atoms with Gasteiger partial charge in [0.15, 0.2) is 0 Å². The van der Waals surface area contributed by atoms with E-state index in [-0.39, 0.29) is 0 Å². The molecule has 0 fully saturated rings. The van der Waals surface area contributed by atoms with E-state index >= 15 is 0 Å². The Hall–Kier alpha value is 0.217. The summed E-state index contributed by atoms with van der Waals surface area (Å²) in [6.07, 6.45) is 2.85. The molecule has 0 nitrogen and oxygen atoms in total. The molecule has 0 heterocycles. The van der Waals surface area contributed by atoms with Crippen LogP contribution in [0, 0.1) is 28.6 Å². The molecule has 0 saturated heterocycles. The van der Waals surface area contributed by atoms with Crippen LogP contribution in [0.3, 0.4) is 0 Å². The maximum atomic E-state index is 2.51. The van der Waals surface area contributed by atoms with Crippen molar-refractivity contribution in [3.8, 4) is 0 Å². The molecule has 0 aliphatic heterocycles. The summed E-state index contributed by atoms with van der Waals surface area (Å²) < 4.78 is 0. The molecule has 0 aliphatic rings. The van der Waals surface area contributed by atoms with E-state index in [1.165, 1.54) is 18.9 Å². The minimum absolute atomic E-state index is 0.409. The van der Waals surface area contributed by atoms with E-state index in [0.717, 1.165) is 17.8 Å². The van der Waals surface area contributed by atoms with Crippen LogP contribution in [0.5, 0.6) is 0 Å². The van der Waals surface area contributed by atoms with Crippen LogP contribution in [-0.2, 0) is 0 Å². The van der Waals surface area contributed by atoms with Gasteiger partial charge in [0.2, 0.25) is 0 Å². The van der Waals surface area contributed by atoms with Crippen LogP contribution < -0.4 is 0 Å². The number of hydrogen-bond donors (Lipinski definition) is 0. The van der Waals surface area contributed by atoms with Gasteiger partial charge in [-0.3, -0.25) is 0 Å². The summed E-state index contributed by atoms with van der Waals surface area (Å²) in [4.78, 5) is 0. The Labute approximate surface area is 125 Å². The lowest BCUT2D eigenvalue weighted by Gasteiger charge is -2.39. The van der Waals surface area contributed by atoms with Gasteiger partial charge in [0, 0.05) is 8.80 Å². The minimum Gasteiger partial charge on any atom is -0.0722 e. The molecule has 1 heteroatoms. The third kappa shape index (κ3) is 8.17. The van der Waals surface area contributed by atoms with Gasteiger partial charge in [-0.05, 0) is 35.0 Å². The van der Waals surface area contributed by atoms with Gasteiger partial charge in [0.1, 0.15) is 0 Å². The predicted molar refractivity (Wildman–Crippen MR) is 93.6 cm³/mol. The van der Waals surface area contributed by atoms with Gasteiger partial charge >= 0.3 is 0 Å². The van der Waals surface area contributed by atoms with Crippen molar-refractivity contribution >= 4 is 8.80 Å². The van der Waals surface area contributed by atoms with Crippen LogP contribution in [0.4, 0.5) is 0 Å². The van der Waals surface area contributed by atoms with E-state index in [1.54, 1.807) is 0 Å². The van der Waals surface area contributed by atoms with Gasteiger partial charge in [0.05, 0.1) is 0 Å². The van der Waals surface area contributed by atoms with Crippen LogP contribution in [0.1, 0.15) is 68.2 Å². The van der Waals surface area contributed by atoms with Crippen LogP contribution in [0.15, 0.2) is 0 Å². The minimum atomic E-state index is -0.409. The zero-order chi connectivity index (χ0) is 15.4. The zero-order valence-electron chi connectivity index (χ0n) is 15.4. The quantitative estimate of drug-likeness (QED) is 0.507. The van der Waals surface area contributed by atoms with Gasteiger partial charge in [-0.25, -0.2) is 0 Å². The highest BCUT2D eigenvalue weighted by molar-refractivity contribution is 6.55. The Kier molecular flexibility index (Phi) is 7.37. The smallest absolute Gasteiger partial charge is 0.0305 e. The van der Waals surface area contributed by atoms with E-state index in [2.05, 4.69) is 68.5 Å². The average Bonchev–Trinajstić information content (AvgIpc) is 2.18. The summed E-state index contributed by atoms with van der Waals surface area (Å²) in [5.41, 5.74) is 0.903. The lowest BCUT2D eigenvalue weighted by atomic mass is 9.67. The molecule has 0 aromatic rings. The highest BCUT2D eigenvalue weighted by Crippen LogP contribution is 2.41. The maximum absolute atomic E-state index is 2.51. The van der Waals surface area contributed by atoms with Gasteiger partial charge in [-0.1, -0.05) is 80.9 Å². The van der Waals surface area contributed by atoms with E-state index in [4.69, 9.17) is 0 Å². The lowest BCUT2D eigenvalue weighted by molar-refractivity contribution is 0.109. The molecule has 0 aliphatic carbocycles. The van der Waals surface area contributed by atoms with Crippen molar-refractivity contribution in [3.05, 3.63) is 0 Å². The second kappa shape index (κ2) is 7.29. The van der Waals surface area contributed by atoms with E-state index in [0.29, 0.717) is 10.8 Å². The molecule has 3 atom stereocenters. The molecule has 0 N–H and O–H groups in total. The Morgan fingerprint density at radius 1 is 0.895 bits per heavy atom. The first-order valence-corrected chi connectivity index (χ1v) is 11.5. The Morgan fingerprint density at radius 2 is 1.37 bits per heavy atom. The molecule has 0 amide bonds. The van der Waals surface area contributed by atoms with Gasteiger partial charge in [-0.2, -0.15) is 0 Å². The zero-order valence-corrected chi connectivity index (χ0v) is 16.6. The van der Waals surface area contributed by atoms with Crippen molar-refractivity contribution < 1.29 is 0 Å². The summed E-state index contributed by atoms with van der Waals surface area (Å²) in [6, 6.07) is 1.52. The van der Waals surface area contributed by atoms with E-state index in [9.17, 15) is 0 Å². The van der Waals surface area contributed by atoms with Crippen molar-refractivity contribution in [2.45, 2.75) is 87.4 Å². The summed E-state index contributed by atoms with van der Waals surface area (Å²) in [6.45, 7) is 24.4. The topological polar surface area (TPSA) is 0 Å². The van der Waals surface area contributed by atoms with Gasteiger partial charge < -0.3 is 0 Å². The highest BCUT2D eigenvalue weighted by Gasteiger charge is 2.32. The van der Waals surface area contributed by atoms with Crippen molar-refractivity contribution in [1.82, 2.24) is 0 Å². The number of rotatable bonds is 6. The lowest BCUT2D eigenvalue weighted by Crippen LogP contribution is -2.31. The summed E-state index contributed by atoms with van der Waals surface area (Å²) in [5, 5.41) is 0. The highest BCUT2D eigenvalue weighted by atomic mass is 28.3. The van der Waals surface area contributed by atoms with Crippen LogP contribution in [0.25, 0.3) is 0 Å². The standard InChI is InChI=1S/C18H40Si/c1-14(15(2)18(6,7)8)16(11-12-19(9)10)13-17(3,4)5/h14-16,19H,11-13H2,1-10H3. The van der Waals surface area contributed by atoms with Crippen molar-refractivity contribution in [1.29, 1.82) is 0 Å². The third-order valence-corrected chi connectivity index (χ3v) is 6.38. The first kappa shape index (κ1) is 19.2. The third-order valence-electron chi connectivity index (χ3n) is 4.89. The largest absolute Gasteiger partial charge is 0.0722 e. The summed E-state index contributed by atoms with van der Waals surface area (Å²) in [5.74, 6) is 2.55. The fourth-order valence-corrected chi connectivity index (χ4v) is 4.18. The molecule has 0 radical (unpaired) electrons. The molecule has 0 saturated carbocycles. The molecular weight excluding hydrogens is 244 g/mol. The second-order valence-corrected chi connectivity index (χ2v) is 12.9. The first-order chi connectivity index (χ1) is 8.34. The second-order valence-electron chi connectivity index (χ2n) is 9.51. The van der Waals surface area contributed by atoms with Crippen molar-refractivity contribution in [2.75, 3.05) is 0 Å². The van der Waals surface area contributed by atoms with Crippen LogP contribution >= 0.6 is 0 Å². The van der Waals surface area contributed by atoms with E-state index < -0.39 is 8.80 Å². The molecule has 0 bridgehead atoms. The SMILES string of the molecule is CC(C(CC[SiH](C)C)CC(C)(C)C)C(C)C(C)(C)C. The fraction of sp³-hybridized carbons (Fsp3) is 1.00. The molecule has 0 rings (SSSR count). The number of hydrogen-bond acceptors (Lipinski definition) is 0. The van der Waals surface area contributed by atoms with Crippen molar-refractivity contribution in [2.24, 2.45) is 28.6 Å². The predicted octanol–water partition coefficient (Wildman–Crippen LogP) is 6.23. The Morgan fingerprint density at radius 3 is 1.68 bits per heavy atom. The Balaban J connectivity index is 4.81. The molecule has 0 aromatic heterocycles. The van der Waals surface area contributed by atoms with Gasteiger partial charge in [-0.15, -0.1) is 0 Å². The molecule has 116 valence electrons. The summed E-state index contributed by atoms with van der Waals surface area (Å²) >= 11 is 0. The monoisotopic (exact) mass is 284 g/mol. The molecule has 3 unspecified atom stereocenters. The Bertz CT molecular complexity index is 241. The van der Waals surface area contributed by atoms with Gasteiger partial charge in [0.25, 0.3) is 0 Å². The molecule has 0 spiro atoms. The van der Waals surface area contributed by atoms with Crippen LogP contribution in [0.2, 0.25) is 19.1 Å².